The maximum atomic E-state index is 13.2. The van der Waals surface area contributed by atoms with Gasteiger partial charge in [0.05, 0.1) is 10.3 Å². The van der Waals surface area contributed by atoms with Gasteiger partial charge in [0, 0.05) is 18.8 Å². The molecule has 0 spiro atoms. The van der Waals surface area contributed by atoms with E-state index < -0.39 is 21.5 Å². The molecule has 1 aliphatic heterocycles. The molecule has 1 amide bonds. The predicted octanol–water partition coefficient (Wildman–Crippen LogP) is 2.30. The smallest absolute Gasteiger partial charge is 0.278 e. The van der Waals surface area contributed by atoms with Crippen LogP contribution in [0.3, 0.4) is 0 Å². The highest BCUT2D eigenvalue weighted by Crippen LogP contribution is 2.25. The number of hydrogen-bond acceptors (Lipinski definition) is 6. The monoisotopic (exact) mass is 455 g/mol. The molecule has 0 aliphatic carbocycles. The average molecular weight is 456 g/mol. The third-order valence-electron chi connectivity index (χ3n) is 5.58. The van der Waals surface area contributed by atoms with Crippen molar-refractivity contribution in [3.05, 3.63) is 58.4 Å². The average Bonchev–Trinajstić information content (AvgIpc) is 3.07. The maximum Gasteiger partial charge on any atom is 0.278 e. The van der Waals surface area contributed by atoms with Gasteiger partial charge < -0.3 is 5.32 Å². The molecule has 1 fully saturated rings. The number of carbonyl (C=O) groups excluding carboxylic acids is 1. The Morgan fingerprint density at radius 3 is 2.53 bits per heavy atom. The molecule has 168 valence electrons. The predicted molar refractivity (Wildman–Crippen MR) is 121 cm³/mol. The number of carbonyl (C=O) groups is 1. The van der Waals surface area contributed by atoms with Crippen LogP contribution < -0.4 is 10.9 Å². The van der Waals surface area contributed by atoms with E-state index in [4.69, 9.17) is 0 Å². The Kier molecular flexibility index (Phi) is 6.33. The summed E-state index contributed by atoms with van der Waals surface area (Å²) in [6, 6.07) is 11.6. The van der Waals surface area contributed by atoms with E-state index in [1.165, 1.54) is 10.4 Å². The topological polar surface area (TPSA) is 114 Å². The number of amides is 1. The van der Waals surface area contributed by atoms with Gasteiger partial charge in [0.2, 0.25) is 15.9 Å². The fraction of sp³-hybridized carbons (Fsp3) is 0.364. The first-order valence-electron chi connectivity index (χ1n) is 10.6. The molecule has 32 heavy (non-hydrogen) atoms. The van der Waals surface area contributed by atoms with Crippen molar-refractivity contribution < 1.29 is 13.2 Å². The molecule has 0 bridgehead atoms. The first kappa shape index (κ1) is 22.1. The molecule has 1 aromatic heterocycles. The maximum absolute atomic E-state index is 13.2. The van der Waals surface area contributed by atoms with Crippen molar-refractivity contribution in [3.63, 3.8) is 0 Å². The number of benzene rings is 2. The summed E-state index contributed by atoms with van der Waals surface area (Å²) in [4.78, 5) is 25.3. The van der Waals surface area contributed by atoms with Crippen LogP contribution in [-0.2, 0) is 21.4 Å². The summed E-state index contributed by atoms with van der Waals surface area (Å²) >= 11 is 0. The van der Waals surface area contributed by atoms with Crippen LogP contribution in [0.15, 0.2) is 52.2 Å². The van der Waals surface area contributed by atoms with Gasteiger partial charge >= 0.3 is 0 Å². The van der Waals surface area contributed by atoms with Crippen LogP contribution in [-0.4, -0.2) is 46.7 Å². The lowest BCUT2D eigenvalue weighted by Crippen LogP contribution is -2.32. The quantitative estimate of drug-likeness (QED) is 0.631. The lowest BCUT2D eigenvalue weighted by Gasteiger charge is -2.21. The molecule has 1 saturated heterocycles. The lowest BCUT2D eigenvalue weighted by atomic mass is 10.2. The number of rotatable bonds is 5. The Bertz CT molecular complexity index is 1310. The van der Waals surface area contributed by atoms with Crippen LogP contribution in [0.2, 0.25) is 0 Å². The zero-order valence-corrected chi connectivity index (χ0v) is 18.6. The largest absolute Gasteiger partial charge is 0.324 e. The Morgan fingerprint density at radius 2 is 1.78 bits per heavy atom. The fourth-order valence-corrected chi connectivity index (χ4v) is 5.61. The molecule has 2 aromatic carbocycles. The van der Waals surface area contributed by atoms with E-state index in [9.17, 15) is 18.0 Å². The minimum atomic E-state index is -3.66. The summed E-state index contributed by atoms with van der Waals surface area (Å²) in [7, 11) is -3.66. The molecule has 2 heterocycles. The van der Waals surface area contributed by atoms with Gasteiger partial charge in [-0.05, 0) is 49.6 Å². The van der Waals surface area contributed by atoms with Crippen LogP contribution in [0.1, 0.15) is 31.2 Å². The summed E-state index contributed by atoms with van der Waals surface area (Å²) in [5.41, 5.74) is 0.995. The second-order valence-electron chi connectivity index (χ2n) is 7.92. The molecule has 0 atom stereocenters. The molecule has 1 N–H and O–H groups in total. The van der Waals surface area contributed by atoms with Gasteiger partial charge in [-0.2, -0.15) is 4.31 Å². The number of fused-ring (bicyclic) bond motifs is 1. The van der Waals surface area contributed by atoms with Crippen molar-refractivity contribution in [2.45, 2.75) is 44.0 Å². The number of hydrogen-bond donors (Lipinski definition) is 1. The van der Waals surface area contributed by atoms with E-state index >= 15 is 0 Å². The number of aromatic nitrogens is 3. The zero-order chi connectivity index (χ0) is 22.7. The summed E-state index contributed by atoms with van der Waals surface area (Å²) in [6.45, 7) is 2.41. The molecule has 4 rings (SSSR count). The van der Waals surface area contributed by atoms with Crippen molar-refractivity contribution in [3.8, 4) is 0 Å². The number of aryl methyl sites for hydroxylation is 1. The summed E-state index contributed by atoms with van der Waals surface area (Å²) in [6.07, 6.45) is 3.74. The van der Waals surface area contributed by atoms with Gasteiger partial charge in [0.1, 0.15) is 12.1 Å². The van der Waals surface area contributed by atoms with Gasteiger partial charge in [-0.15, -0.1) is 5.10 Å². The van der Waals surface area contributed by atoms with Gasteiger partial charge in [-0.1, -0.05) is 36.3 Å². The Labute approximate surface area is 186 Å². The second-order valence-corrected chi connectivity index (χ2v) is 9.82. The molecule has 3 aromatic rings. The summed E-state index contributed by atoms with van der Waals surface area (Å²) in [5.74, 6) is -0.501. The number of anilines is 1. The van der Waals surface area contributed by atoms with E-state index in [0.717, 1.165) is 30.4 Å². The van der Waals surface area contributed by atoms with Gasteiger partial charge in [0.15, 0.2) is 0 Å². The van der Waals surface area contributed by atoms with Crippen molar-refractivity contribution in [1.82, 2.24) is 19.3 Å². The van der Waals surface area contributed by atoms with Crippen LogP contribution >= 0.6 is 0 Å². The highest BCUT2D eigenvalue weighted by atomic mass is 32.2. The third-order valence-corrected chi connectivity index (χ3v) is 7.62. The minimum Gasteiger partial charge on any atom is -0.324 e. The highest BCUT2D eigenvalue weighted by Gasteiger charge is 2.27. The Balaban J connectivity index is 1.54. The first-order chi connectivity index (χ1) is 15.4. The third kappa shape index (κ3) is 4.56. The molecule has 9 nitrogen and oxygen atoms in total. The Morgan fingerprint density at radius 1 is 1.06 bits per heavy atom. The van der Waals surface area contributed by atoms with E-state index in [1.807, 2.05) is 0 Å². The van der Waals surface area contributed by atoms with Gasteiger partial charge in [0.25, 0.3) is 5.56 Å². The van der Waals surface area contributed by atoms with Gasteiger partial charge in [-0.25, -0.2) is 13.1 Å². The highest BCUT2D eigenvalue weighted by molar-refractivity contribution is 7.89. The van der Waals surface area contributed by atoms with E-state index in [1.54, 1.807) is 43.3 Å². The van der Waals surface area contributed by atoms with E-state index in [-0.39, 0.29) is 11.4 Å². The standard InChI is InChI=1S/C22H25N5O4S/c1-16-10-11-17(14-20(16)32(30,31)26-12-6-2-3-7-13-26)23-21(28)15-27-22(29)18-8-4-5-9-19(18)24-25-27/h4-5,8-11,14H,2-3,6-7,12-13,15H2,1H3,(H,23,28). The summed E-state index contributed by atoms with van der Waals surface area (Å²) in [5, 5.41) is 10.8. The molecule has 0 unspecified atom stereocenters. The van der Waals surface area contributed by atoms with Crippen molar-refractivity contribution in [2.24, 2.45) is 0 Å². The molecular formula is C22H25N5O4S. The zero-order valence-electron chi connectivity index (χ0n) is 17.8. The van der Waals surface area contributed by atoms with Crippen LogP contribution in [0.25, 0.3) is 10.9 Å². The van der Waals surface area contributed by atoms with E-state index in [2.05, 4.69) is 15.6 Å². The molecule has 0 saturated carbocycles. The molecular weight excluding hydrogens is 430 g/mol. The Hall–Kier alpha value is -3.11. The van der Waals surface area contributed by atoms with E-state index in [0.29, 0.717) is 35.2 Å². The molecule has 0 radical (unpaired) electrons. The SMILES string of the molecule is Cc1ccc(NC(=O)Cn2nnc3ccccc3c2=O)cc1S(=O)(=O)N1CCCCCC1. The van der Waals surface area contributed by atoms with Crippen LogP contribution in [0.4, 0.5) is 5.69 Å². The minimum absolute atomic E-state index is 0.180. The number of sulfonamides is 1. The molecule has 1 aliphatic rings. The van der Waals surface area contributed by atoms with Crippen molar-refractivity contribution >= 4 is 32.5 Å². The molecule has 10 heteroatoms. The lowest BCUT2D eigenvalue weighted by molar-refractivity contribution is -0.117. The number of nitrogens with zero attached hydrogens (tertiary/aromatic N) is 4. The van der Waals surface area contributed by atoms with Crippen molar-refractivity contribution in [2.75, 3.05) is 18.4 Å². The number of nitrogens with one attached hydrogen (secondary N) is 1. The van der Waals surface area contributed by atoms with Gasteiger partial charge in [-0.3, -0.25) is 9.59 Å². The fourth-order valence-electron chi connectivity index (χ4n) is 3.84. The van der Waals surface area contributed by atoms with Crippen molar-refractivity contribution in [1.29, 1.82) is 0 Å². The van der Waals surface area contributed by atoms with Crippen LogP contribution in [0.5, 0.6) is 0 Å². The first-order valence-corrected chi connectivity index (χ1v) is 12.0. The van der Waals surface area contributed by atoms with Crippen LogP contribution in [0, 0.1) is 6.92 Å². The second kappa shape index (κ2) is 9.17. The normalized spacial score (nSPS) is 15.4. The summed E-state index contributed by atoms with van der Waals surface area (Å²) < 4.78 is 28.9.